The first-order valence-corrected chi connectivity index (χ1v) is 7.25. The van der Waals surface area contributed by atoms with Gasteiger partial charge in [-0.3, -0.25) is 4.79 Å². The summed E-state index contributed by atoms with van der Waals surface area (Å²) >= 11 is 3.44. The molecular formula is C14H13BrN2O2. The van der Waals surface area contributed by atoms with E-state index in [0.29, 0.717) is 12.3 Å². The number of halogens is 1. The molecule has 1 aromatic carbocycles. The van der Waals surface area contributed by atoms with Crippen LogP contribution in [0.1, 0.15) is 6.42 Å². The zero-order valence-corrected chi connectivity index (χ0v) is 11.8. The second kappa shape index (κ2) is 5.17. The minimum absolute atomic E-state index is 0.192. The summed E-state index contributed by atoms with van der Waals surface area (Å²) in [5.74, 6) is 1.33. The quantitative estimate of drug-likeness (QED) is 0.816. The van der Waals surface area contributed by atoms with Crippen LogP contribution in [0.3, 0.4) is 0 Å². The van der Waals surface area contributed by atoms with Gasteiger partial charge in [0.15, 0.2) is 12.2 Å². The Hall–Kier alpha value is -1.62. The number of anilines is 1. The molecule has 0 saturated carbocycles. The van der Waals surface area contributed by atoms with Crippen molar-refractivity contribution in [3.8, 4) is 11.3 Å². The van der Waals surface area contributed by atoms with E-state index in [0.717, 1.165) is 28.9 Å². The molecule has 0 aliphatic carbocycles. The van der Waals surface area contributed by atoms with Gasteiger partial charge in [-0.05, 0) is 30.2 Å². The lowest BCUT2D eigenvalue weighted by Crippen LogP contribution is -2.24. The van der Waals surface area contributed by atoms with Gasteiger partial charge >= 0.3 is 0 Å². The Balaban J connectivity index is 1.81. The number of carbonyl (C=O) groups is 1. The Morgan fingerprint density at radius 3 is 2.74 bits per heavy atom. The van der Waals surface area contributed by atoms with Crippen molar-refractivity contribution in [2.45, 2.75) is 6.42 Å². The third-order valence-corrected chi connectivity index (χ3v) is 4.23. The summed E-state index contributed by atoms with van der Waals surface area (Å²) in [7, 11) is 0. The molecule has 2 heterocycles. The number of oxazole rings is 1. The maximum absolute atomic E-state index is 11.9. The lowest BCUT2D eigenvalue weighted by atomic mass is 10.1. The van der Waals surface area contributed by atoms with E-state index in [1.165, 1.54) is 6.39 Å². The molecule has 1 aliphatic heterocycles. The highest BCUT2D eigenvalue weighted by Gasteiger charge is 2.29. The van der Waals surface area contributed by atoms with Crippen LogP contribution in [0.25, 0.3) is 11.3 Å². The van der Waals surface area contributed by atoms with E-state index < -0.39 is 0 Å². The molecular weight excluding hydrogens is 308 g/mol. The molecule has 1 unspecified atom stereocenters. The molecule has 1 aliphatic rings. The third kappa shape index (κ3) is 2.42. The number of alkyl halides is 1. The van der Waals surface area contributed by atoms with Gasteiger partial charge in [0.1, 0.15) is 0 Å². The van der Waals surface area contributed by atoms with Gasteiger partial charge in [0.05, 0.1) is 6.20 Å². The van der Waals surface area contributed by atoms with Gasteiger partial charge < -0.3 is 9.32 Å². The Labute approximate surface area is 119 Å². The van der Waals surface area contributed by atoms with Crippen LogP contribution in [-0.2, 0) is 4.79 Å². The first kappa shape index (κ1) is 12.4. The highest BCUT2D eigenvalue weighted by molar-refractivity contribution is 9.09. The predicted molar refractivity (Wildman–Crippen MR) is 76.2 cm³/mol. The molecule has 5 heteroatoms. The van der Waals surface area contributed by atoms with Crippen molar-refractivity contribution in [3.63, 3.8) is 0 Å². The van der Waals surface area contributed by atoms with E-state index in [1.807, 2.05) is 29.2 Å². The molecule has 1 amide bonds. The summed E-state index contributed by atoms with van der Waals surface area (Å²) in [6, 6.07) is 7.80. The van der Waals surface area contributed by atoms with Crippen LogP contribution in [0.15, 0.2) is 41.3 Å². The number of benzene rings is 1. The van der Waals surface area contributed by atoms with Crippen molar-refractivity contribution in [2.24, 2.45) is 5.92 Å². The number of aromatic nitrogens is 1. The van der Waals surface area contributed by atoms with Gasteiger partial charge in [-0.2, -0.15) is 0 Å². The number of hydrogen-bond donors (Lipinski definition) is 0. The fourth-order valence-corrected chi connectivity index (χ4v) is 2.73. The zero-order chi connectivity index (χ0) is 13.2. The summed E-state index contributed by atoms with van der Waals surface area (Å²) < 4.78 is 5.24. The van der Waals surface area contributed by atoms with E-state index in [4.69, 9.17) is 4.42 Å². The number of amides is 1. The maximum Gasteiger partial charge on any atom is 0.227 e. The number of hydrogen-bond acceptors (Lipinski definition) is 3. The minimum atomic E-state index is 0.192. The fraction of sp³-hybridized carbons (Fsp3) is 0.286. The molecule has 0 bridgehead atoms. The van der Waals surface area contributed by atoms with Crippen molar-refractivity contribution >= 4 is 27.5 Å². The molecule has 4 nitrogen and oxygen atoms in total. The summed E-state index contributed by atoms with van der Waals surface area (Å²) in [6.45, 7) is 0.783. The van der Waals surface area contributed by atoms with Crippen LogP contribution in [0.5, 0.6) is 0 Å². The highest BCUT2D eigenvalue weighted by Crippen LogP contribution is 2.28. The molecule has 1 atom stereocenters. The molecule has 98 valence electrons. The summed E-state index contributed by atoms with van der Waals surface area (Å²) in [4.78, 5) is 17.7. The molecule has 0 radical (unpaired) electrons. The first-order chi connectivity index (χ1) is 9.28. The molecule has 0 N–H and O–H groups in total. The minimum Gasteiger partial charge on any atom is -0.444 e. The molecule has 2 aromatic rings. The molecule has 3 rings (SSSR count). The van der Waals surface area contributed by atoms with Gasteiger partial charge in [-0.1, -0.05) is 15.9 Å². The lowest BCUT2D eigenvalue weighted by molar-refractivity contribution is -0.117. The van der Waals surface area contributed by atoms with Gasteiger partial charge in [-0.15, -0.1) is 0 Å². The second-order valence-electron chi connectivity index (χ2n) is 4.64. The topological polar surface area (TPSA) is 46.3 Å². The van der Waals surface area contributed by atoms with Crippen LogP contribution in [0.2, 0.25) is 0 Å². The Kier molecular flexibility index (Phi) is 3.38. The molecule has 0 spiro atoms. The zero-order valence-electron chi connectivity index (χ0n) is 10.3. The Morgan fingerprint density at radius 1 is 1.37 bits per heavy atom. The van der Waals surface area contributed by atoms with E-state index in [2.05, 4.69) is 20.9 Å². The van der Waals surface area contributed by atoms with Crippen LogP contribution >= 0.6 is 15.9 Å². The van der Waals surface area contributed by atoms with Crippen molar-refractivity contribution in [2.75, 3.05) is 16.8 Å². The summed E-state index contributed by atoms with van der Waals surface area (Å²) in [5, 5.41) is 0.866. The van der Waals surface area contributed by atoms with Gasteiger partial charge in [-0.25, -0.2) is 4.98 Å². The number of rotatable bonds is 3. The van der Waals surface area contributed by atoms with E-state index in [9.17, 15) is 4.79 Å². The third-order valence-electron chi connectivity index (χ3n) is 3.32. The van der Waals surface area contributed by atoms with E-state index >= 15 is 0 Å². The van der Waals surface area contributed by atoms with Crippen LogP contribution in [0, 0.1) is 5.92 Å². The first-order valence-electron chi connectivity index (χ1n) is 6.13. The molecule has 19 heavy (non-hydrogen) atoms. The standard InChI is InChI=1S/C14H13BrN2O2/c15-6-10-5-14(18)17(8-10)12-3-1-11(2-4-12)13-7-16-9-19-13/h1-4,7,9-10H,5-6,8H2. The summed E-state index contributed by atoms with van der Waals surface area (Å²) in [6.07, 6.45) is 3.71. The van der Waals surface area contributed by atoms with Gasteiger partial charge in [0.2, 0.25) is 5.91 Å². The Bertz CT molecular complexity index is 566. The normalized spacial score (nSPS) is 19.1. The van der Waals surface area contributed by atoms with Crippen molar-refractivity contribution in [1.82, 2.24) is 4.98 Å². The summed E-state index contributed by atoms with van der Waals surface area (Å²) in [5.41, 5.74) is 1.90. The monoisotopic (exact) mass is 320 g/mol. The largest absolute Gasteiger partial charge is 0.444 e. The molecule has 1 fully saturated rings. The van der Waals surface area contributed by atoms with E-state index in [1.54, 1.807) is 6.20 Å². The van der Waals surface area contributed by atoms with Crippen molar-refractivity contribution in [1.29, 1.82) is 0 Å². The Morgan fingerprint density at radius 2 is 2.16 bits per heavy atom. The molecule has 1 aromatic heterocycles. The van der Waals surface area contributed by atoms with Crippen LogP contribution < -0.4 is 4.90 Å². The average Bonchev–Trinajstić information content (AvgIpc) is 3.08. The second-order valence-corrected chi connectivity index (χ2v) is 5.29. The number of carbonyl (C=O) groups excluding carboxylic acids is 1. The van der Waals surface area contributed by atoms with Crippen LogP contribution in [0.4, 0.5) is 5.69 Å². The fourth-order valence-electron chi connectivity index (χ4n) is 2.30. The van der Waals surface area contributed by atoms with Gasteiger partial charge in [0.25, 0.3) is 0 Å². The SMILES string of the molecule is O=C1CC(CBr)CN1c1ccc(-c2cnco2)cc1. The molecule has 1 saturated heterocycles. The lowest BCUT2D eigenvalue weighted by Gasteiger charge is -2.16. The average molecular weight is 321 g/mol. The van der Waals surface area contributed by atoms with Gasteiger partial charge in [0, 0.05) is 29.5 Å². The van der Waals surface area contributed by atoms with Crippen molar-refractivity contribution in [3.05, 3.63) is 36.9 Å². The van der Waals surface area contributed by atoms with Crippen molar-refractivity contribution < 1.29 is 9.21 Å². The van der Waals surface area contributed by atoms with Crippen LogP contribution in [-0.4, -0.2) is 22.8 Å². The highest BCUT2D eigenvalue weighted by atomic mass is 79.9. The van der Waals surface area contributed by atoms with E-state index in [-0.39, 0.29) is 5.91 Å². The number of nitrogens with zero attached hydrogens (tertiary/aromatic N) is 2. The maximum atomic E-state index is 11.9. The smallest absolute Gasteiger partial charge is 0.227 e. The predicted octanol–water partition coefficient (Wildman–Crippen LogP) is 3.09.